The van der Waals surface area contributed by atoms with E-state index >= 15 is 0 Å². The van der Waals surface area contributed by atoms with Gasteiger partial charge < -0.3 is 10.2 Å². The summed E-state index contributed by atoms with van der Waals surface area (Å²) in [5.74, 6) is 0.904. The van der Waals surface area contributed by atoms with Crippen molar-refractivity contribution in [2.75, 3.05) is 19.6 Å². The van der Waals surface area contributed by atoms with Gasteiger partial charge in [0.2, 0.25) is 0 Å². The lowest BCUT2D eigenvalue weighted by Gasteiger charge is -2.46. The molecule has 2 bridgehead atoms. The number of hydrogen-bond acceptors (Lipinski definition) is 3. The van der Waals surface area contributed by atoms with Crippen LogP contribution in [0.15, 0.2) is 15.9 Å². The second kappa shape index (κ2) is 5.00. The molecule has 0 spiro atoms. The van der Waals surface area contributed by atoms with Crippen LogP contribution in [0.4, 0.5) is 0 Å². The maximum Gasteiger partial charge on any atom is 0.0400 e. The Kier molecular flexibility index (Phi) is 3.57. The van der Waals surface area contributed by atoms with E-state index < -0.39 is 0 Å². The number of fused-ring (bicyclic) bond motifs is 3. The summed E-state index contributed by atoms with van der Waals surface area (Å²) in [5, 5.41) is 5.99. The number of rotatable bonds is 3. The normalized spacial score (nSPS) is 33.9. The van der Waals surface area contributed by atoms with Gasteiger partial charge >= 0.3 is 0 Å². The number of thiophene rings is 1. The van der Waals surface area contributed by atoms with Gasteiger partial charge in [0.1, 0.15) is 0 Å². The first-order chi connectivity index (χ1) is 8.24. The average Bonchev–Trinajstić information content (AvgIpc) is 2.77. The Hall–Kier alpha value is 0.100. The molecule has 4 heterocycles. The summed E-state index contributed by atoms with van der Waals surface area (Å²) in [7, 11) is 0. The van der Waals surface area contributed by atoms with Crippen molar-refractivity contribution in [3.8, 4) is 0 Å². The van der Waals surface area contributed by atoms with E-state index in [9.17, 15) is 0 Å². The van der Waals surface area contributed by atoms with Crippen LogP contribution in [-0.2, 0) is 0 Å². The van der Waals surface area contributed by atoms with E-state index in [-0.39, 0.29) is 0 Å². The highest BCUT2D eigenvalue weighted by molar-refractivity contribution is 9.10. The highest BCUT2D eigenvalue weighted by Gasteiger charge is 2.34. The van der Waals surface area contributed by atoms with Crippen molar-refractivity contribution in [3.63, 3.8) is 0 Å². The van der Waals surface area contributed by atoms with Gasteiger partial charge in [-0.3, -0.25) is 0 Å². The molecule has 1 N–H and O–H groups in total. The summed E-state index contributed by atoms with van der Waals surface area (Å²) < 4.78 is 1.25. The zero-order chi connectivity index (χ0) is 11.8. The zero-order valence-electron chi connectivity index (χ0n) is 10.2. The molecular weight excluding hydrogens is 296 g/mol. The van der Waals surface area contributed by atoms with Gasteiger partial charge in [-0.05, 0) is 66.1 Å². The third-order valence-corrected chi connectivity index (χ3v) is 6.21. The van der Waals surface area contributed by atoms with Gasteiger partial charge in [-0.1, -0.05) is 0 Å². The summed E-state index contributed by atoms with van der Waals surface area (Å²) in [6.07, 6.45) is 2.77. The lowest BCUT2D eigenvalue weighted by Crippen LogP contribution is -2.56. The van der Waals surface area contributed by atoms with Crippen LogP contribution in [0.2, 0.25) is 0 Å². The predicted molar refractivity (Wildman–Crippen MR) is 76.5 cm³/mol. The summed E-state index contributed by atoms with van der Waals surface area (Å²) >= 11 is 5.48. The SMILES string of the molecule is CC(NC1CN2CCC1CC2)c1sccc1Br. The van der Waals surface area contributed by atoms with E-state index in [1.54, 1.807) is 0 Å². The molecule has 0 aliphatic carbocycles. The third kappa shape index (κ3) is 2.46. The van der Waals surface area contributed by atoms with Crippen LogP contribution in [-0.4, -0.2) is 30.6 Å². The molecule has 0 aromatic carbocycles. The number of piperidine rings is 3. The molecule has 0 saturated carbocycles. The molecule has 3 saturated heterocycles. The molecule has 1 aromatic rings. The molecule has 94 valence electrons. The van der Waals surface area contributed by atoms with Gasteiger partial charge in [0, 0.05) is 28.0 Å². The minimum Gasteiger partial charge on any atom is -0.305 e. The zero-order valence-corrected chi connectivity index (χ0v) is 12.6. The van der Waals surface area contributed by atoms with Gasteiger partial charge in [0.25, 0.3) is 0 Å². The monoisotopic (exact) mass is 314 g/mol. The van der Waals surface area contributed by atoms with Gasteiger partial charge in [-0.2, -0.15) is 0 Å². The van der Waals surface area contributed by atoms with E-state index in [0.29, 0.717) is 12.1 Å². The average molecular weight is 315 g/mol. The quantitative estimate of drug-likeness (QED) is 0.921. The maximum atomic E-state index is 3.83. The fourth-order valence-electron chi connectivity index (χ4n) is 3.17. The van der Waals surface area contributed by atoms with Crippen molar-refractivity contribution in [1.29, 1.82) is 0 Å². The first-order valence-electron chi connectivity index (χ1n) is 6.45. The minimum absolute atomic E-state index is 0.468. The number of nitrogens with zero attached hydrogens (tertiary/aromatic N) is 1. The summed E-state index contributed by atoms with van der Waals surface area (Å²) in [6.45, 7) is 6.17. The van der Waals surface area contributed by atoms with Crippen LogP contribution in [0.5, 0.6) is 0 Å². The standard InChI is InChI=1S/C13H19BrN2S/c1-9(13-11(14)4-7-17-13)15-12-8-16-5-2-10(12)3-6-16/h4,7,9-10,12,15H,2-3,5-6,8H2,1H3. The molecule has 2 unspecified atom stereocenters. The highest BCUT2D eigenvalue weighted by atomic mass is 79.9. The fourth-order valence-corrected chi connectivity index (χ4v) is 4.90. The Labute approximate surface area is 116 Å². The maximum absolute atomic E-state index is 3.83. The summed E-state index contributed by atoms with van der Waals surface area (Å²) in [6, 6.07) is 3.31. The summed E-state index contributed by atoms with van der Waals surface area (Å²) in [4.78, 5) is 4.04. The fraction of sp³-hybridized carbons (Fsp3) is 0.692. The lowest BCUT2D eigenvalue weighted by molar-refractivity contribution is 0.0682. The first-order valence-corrected chi connectivity index (χ1v) is 8.12. The molecule has 2 atom stereocenters. The minimum atomic E-state index is 0.468. The van der Waals surface area contributed by atoms with E-state index in [4.69, 9.17) is 0 Å². The van der Waals surface area contributed by atoms with Crippen molar-refractivity contribution in [2.45, 2.75) is 31.8 Å². The second-order valence-corrected chi connectivity index (χ2v) is 7.07. The topological polar surface area (TPSA) is 15.3 Å². The van der Waals surface area contributed by atoms with E-state index in [2.05, 4.69) is 44.5 Å². The van der Waals surface area contributed by atoms with Gasteiger partial charge in [0.15, 0.2) is 0 Å². The Morgan fingerprint density at radius 1 is 1.47 bits per heavy atom. The molecule has 2 nitrogen and oxygen atoms in total. The van der Waals surface area contributed by atoms with Crippen LogP contribution in [0.1, 0.15) is 30.7 Å². The van der Waals surface area contributed by atoms with Crippen molar-refractivity contribution in [3.05, 3.63) is 20.8 Å². The lowest BCUT2D eigenvalue weighted by atomic mass is 9.83. The molecule has 0 radical (unpaired) electrons. The van der Waals surface area contributed by atoms with Crippen molar-refractivity contribution in [1.82, 2.24) is 10.2 Å². The third-order valence-electron chi connectivity index (χ3n) is 4.16. The molecule has 3 aliphatic heterocycles. The Bertz CT molecular complexity index is 385. The molecule has 17 heavy (non-hydrogen) atoms. The molecular formula is C13H19BrN2S. The predicted octanol–water partition coefficient (Wildman–Crippen LogP) is 3.26. The van der Waals surface area contributed by atoms with Crippen LogP contribution in [0, 0.1) is 5.92 Å². The van der Waals surface area contributed by atoms with Crippen molar-refractivity contribution >= 4 is 27.3 Å². The number of hydrogen-bond donors (Lipinski definition) is 1. The number of halogens is 1. The Balaban J connectivity index is 1.65. The van der Waals surface area contributed by atoms with E-state index in [0.717, 1.165) is 5.92 Å². The largest absolute Gasteiger partial charge is 0.305 e. The van der Waals surface area contributed by atoms with E-state index in [1.165, 1.54) is 41.8 Å². The van der Waals surface area contributed by atoms with Gasteiger partial charge in [-0.25, -0.2) is 0 Å². The molecule has 4 rings (SSSR count). The van der Waals surface area contributed by atoms with Crippen LogP contribution in [0.25, 0.3) is 0 Å². The van der Waals surface area contributed by atoms with Crippen LogP contribution in [0.3, 0.4) is 0 Å². The van der Waals surface area contributed by atoms with Gasteiger partial charge in [0.05, 0.1) is 0 Å². The van der Waals surface area contributed by atoms with Crippen LogP contribution < -0.4 is 5.32 Å². The van der Waals surface area contributed by atoms with Crippen molar-refractivity contribution in [2.24, 2.45) is 5.92 Å². The molecule has 3 fully saturated rings. The molecule has 4 heteroatoms. The van der Waals surface area contributed by atoms with Crippen LogP contribution >= 0.6 is 27.3 Å². The smallest absolute Gasteiger partial charge is 0.0400 e. The second-order valence-electron chi connectivity index (χ2n) is 5.27. The molecule has 3 aliphatic rings. The Morgan fingerprint density at radius 3 is 2.76 bits per heavy atom. The van der Waals surface area contributed by atoms with Gasteiger partial charge in [-0.15, -0.1) is 11.3 Å². The number of nitrogens with one attached hydrogen (secondary N) is 1. The van der Waals surface area contributed by atoms with E-state index in [1.807, 2.05) is 11.3 Å². The Morgan fingerprint density at radius 2 is 2.24 bits per heavy atom. The van der Waals surface area contributed by atoms with Crippen molar-refractivity contribution < 1.29 is 0 Å². The molecule has 0 amide bonds. The highest BCUT2D eigenvalue weighted by Crippen LogP contribution is 2.32. The summed E-state index contributed by atoms with van der Waals surface area (Å²) in [5.41, 5.74) is 0. The molecule has 1 aromatic heterocycles. The first kappa shape index (κ1) is 12.2.